The van der Waals surface area contributed by atoms with E-state index in [2.05, 4.69) is 35.6 Å². The van der Waals surface area contributed by atoms with Gasteiger partial charge in [0, 0.05) is 12.5 Å². The monoisotopic (exact) mass is 310 g/mol. The molecular formula is C17H27ClN2O. The molecule has 3 N–H and O–H groups in total. The van der Waals surface area contributed by atoms with Crippen molar-refractivity contribution in [1.82, 2.24) is 5.32 Å². The van der Waals surface area contributed by atoms with Gasteiger partial charge in [0.1, 0.15) is 0 Å². The summed E-state index contributed by atoms with van der Waals surface area (Å²) in [7, 11) is 0. The van der Waals surface area contributed by atoms with E-state index in [9.17, 15) is 4.79 Å². The molecule has 1 amide bonds. The fourth-order valence-corrected chi connectivity index (χ4v) is 3.04. The largest absolute Gasteiger partial charge is 0.356 e. The number of hydrogen-bond acceptors (Lipinski definition) is 2. The van der Waals surface area contributed by atoms with E-state index >= 15 is 0 Å². The van der Waals surface area contributed by atoms with E-state index in [0.717, 1.165) is 45.1 Å². The summed E-state index contributed by atoms with van der Waals surface area (Å²) in [6.07, 6.45) is 6.27. The molecule has 1 aliphatic carbocycles. The second-order valence-corrected chi connectivity index (χ2v) is 5.75. The molecular weight excluding hydrogens is 284 g/mol. The molecule has 0 heterocycles. The normalized spacial score (nSPS) is 21.4. The molecule has 0 saturated heterocycles. The lowest BCUT2D eigenvalue weighted by Crippen LogP contribution is -2.33. The van der Waals surface area contributed by atoms with Gasteiger partial charge in [0.25, 0.3) is 0 Å². The number of nitrogens with one attached hydrogen (secondary N) is 1. The number of unbranched alkanes of at least 4 members (excludes halogenated alkanes) is 1. The third-order valence-corrected chi connectivity index (χ3v) is 4.30. The molecule has 2 rings (SSSR count). The molecule has 0 atom stereocenters. The molecule has 21 heavy (non-hydrogen) atoms. The third-order valence-electron chi connectivity index (χ3n) is 4.30. The molecule has 3 nitrogen and oxygen atoms in total. The molecule has 1 fully saturated rings. The van der Waals surface area contributed by atoms with Crippen LogP contribution in [0, 0.1) is 5.92 Å². The van der Waals surface area contributed by atoms with Crippen LogP contribution in [-0.4, -0.2) is 19.0 Å². The molecule has 118 valence electrons. The summed E-state index contributed by atoms with van der Waals surface area (Å²) in [6, 6.07) is 10.7. The minimum atomic E-state index is 0. The van der Waals surface area contributed by atoms with Crippen LogP contribution in [0.5, 0.6) is 0 Å². The van der Waals surface area contributed by atoms with Crippen LogP contribution in [0.2, 0.25) is 0 Å². The zero-order chi connectivity index (χ0) is 14.2. The molecule has 1 aliphatic rings. The van der Waals surface area contributed by atoms with Crippen molar-refractivity contribution in [2.75, 3.05) is 13.1 Å². The molecule has 1 aromatic rings. The Labute approximate surface area is 134 Å². The maximum atomic E-state index is 12.1. The minimum Gasteiger partial charge on any atom is -0.356 e. The molecule has 0 aliphatic heterocycles. The van der Waals surface area contributed by atoms with Gasteiger partial charge in [-0.1, -0.05) is 30.3 Å². The standard InChI is InChI=1S/C17H26N2O.ClH/c18-12-4-5-13-19-17(20)16-10-8-15(9-11-16)14-6-2-1-3-7-14;/h1-3,6-7,15-16H,4-5,8-13,18H2,(H,19,20);1H. The van der Waals surface area contributed by atoms with E-state index in [1.165, 1.54) is 5.56 Å². The second kappa shape index (κ2) is 9.80. The lowest BCUT2D eigenvalue weighted by Gasteiger charge is -2.28. The van der Waals surface area contributed by atoms with Crippen LogP contribution in [0.1, 0.15) is 50.0 Å². The lowest BCUT2D eigenvalue weighted by atomic mass is 9.78. The van der Waals surface area contributed by atoms with Gasteiger partial charge in [0.2, 0.25) is 5.91 Å². The first-order chi connectivity index (χ1) is 9.81. The Bertz CT molecular complexity index is 403. The Morgan fingerprint density at radius 3 is 2.38 bits per heavy atom. The summed E-state index contributed by atoms with van der Waals surface area (Å²) in [5.41, 5.74) is 6.87. The predicted molar refractivity (Wildman–Crippen MR) is 89.7 cm³/mol. The van der Waals surface area contributed by atoms with Crippen LogP contribution in [0.4, 0.5) is 0 Å². The van der Waals surface area contributed by atoms with Crippen molar-refractivity contribution in [3.05, 3.63) is 35.9 Å². The van der Waals surface area contributed by atoms with Gasteiger partial charge in [-0.3, -0.25) is 4.79 Å². The molecule has 0 aromatic heterocycles. The highest BCUT2D eigenvalue weighted by Crippen LogP contribution is 2.35. The first kappa shape index (κ1) is 18.0. The van der Waals surface area contributed by atoms with E-state index in [1.807, 2.05) is 0 Å². The fourth-order valence-electron chi connectivity index (χ4n) is 3.04. The van der Waals surface area contributed by atoms with Crippen molar-refractivity contribution in [2.45, 2.75) is 44.4 Å². The Balaban J connectivity index is 0.00000220. The SMILES string of the molecule is Cl.NCCCCNC(=O)C1CCC(c2ccccc2)CC1. The maximum Gasteiger partial charge on any atom is 0.223 e. The van der Waals surface area contributed by atoms with E-state index in [0.29, 0.717) is 12.5 Å². The van der Waals surface area contributed by atoms with Crippen LogP contribution in [0.25, 0.3) is 0 Å². The van der Waals surface area contributed by atoms with Gasteiger partial charge < -0.3 is 11.1 Å². The molecule has 0 radical (unpaired) electrons. The molecule has 1 aromatic carbocycles. The minimum absolute atomic E-state index is 0. The zero-order valence-corrected chi connectivity index (χ0v) is 13.4. The summed E-state index contributed by atoms with van der Waals surface area (Å²) in [5.74, 6) is 1.10. The fraction of sp³-hybridized carbons (Fsp3) is 0.588. The van der Waals surface area contributed by atoms with Gasteiger partial charge in [-0.2, -0.15) is 0 Å². The number of carbonyl (C=O) groups excluding carboxylic acids is 1. The van der Waals surface area contributed by atoms with Crippen molar-refractivity contribution in [2.24, 2.45) is 11.7 Å². The van der Waals surface area contributed by atoms with Crippen LogP contribution < -0.4 is 11.1 Å². The van der Waals surface area contributed by atoms with Gasteiger partial charge in [0.05, 0.1) is 0 Å². The summed E-state index contributed by atoms with van der Waals surface area (Å²) in [6.45, 7) is 1.48. The summed E-state index contributed by atoms with van der Waals surface area (Å²) in [5, 5.41) is 3.05. The average molecular weight is 311 g/mol. The van der Waals surface area contributed by atoms with Gasteiger partial charge >= 0.3 is 0 Å². The number of hydrogen-bond donors (Lipinski definition) is 2. The number of nitrogens with two attached hydrogens (primary N) is 1. The van der Waals surface area contributed by atoms with E-state index in [-0.39, 0.29) is 24.2 Å². The quantitative estimate of drug-likeness (QED) is 0.793. The third kappa shape index (κ3) is 5.68. The van der Waals surface area contributed by atoms with Crippen molar-refractivity contribution < 1.29 is 4.79 Å². The number of carbonyl (C=O) groups is 1. The number of benzene rings is 1. The van der Waals surface area contributed by atoms with Crippen molar-refractivity contribution >= 4 is 18.3 Å². The Morgan fingerprint density at radius 2 is 1.76 bits per heavy atom. The first-order valence-corrected chi connectivity index (χ1v) is 7.84. The van der Waals surface area contributed by atoms with Crippen LogP contribution in [0.15, 0.2) is 30.3 Å². The summed E-state index contributed by atoms with van der Waals surface area (Å²) < 4.78 is 0. The van der Waals surface area contributed by atoms with Gasteiger partial charge in [-0.05, 0) is 56.6 Å². The first-order valence-electron chi connectivity index (χ1n) is 7.84. The number of rotatable bonds is 6. The number of halogens is 1. The Hall–Kier alpha value is -1.06. The Kier molecular flexibility index (Phi) is 8.40. The smallest absolute Gasteiger partial charge is 0.223 e. The highest BCUT2D eigenvalue weighted by Gasteiger charge is 2.26. The number of amides is 1. The van der Waals surface area contributed by atoms with E-state index in [4.69, 9.17) is 5.73 Å². The van der Waals surface area contributed by atoms with Crippen LogP contribution in [-0.2, 0) is 4.79 Å². The van der Waals surface area contributed by atoms with Gasteiger partial charge in [-0.25, -0.2) is 0 Å². The zero-order valence-electron chi connectivity index (χ0n) is 12.6. The average Bonchev–Trinajstić information content (AvgIpc) is 2.52. The van der Waals surface area contributed by atoms with Crippen molar-refractivity contribution in [3.8, 4) is 0 Å². The molecule has 0 unspecified atom stereocenters. The molecule has 4 heteroatoms. The lowest BCUT2D eigenvalue weighted by molar-refractivity contribution is -0.126. The van der Waals surface area contributed by atoms with Crippen molar-refractivity contribution in [3.63, 3.8) is 0 Å². The highest BCUT2D eigenvalue weighted by molar-refractivity contribution is 5.85. The van der Waals surface area contributed by atoms with Crippen LogP contribution in [0.3, 0.4) is 0 Å². The van der Waals surface area contributed by atoms with E-state index in [1.54, 1.807) is 0 Å². The summed E-state index contributed by atoms with van der Waals surface area (Å²) >= 11 is 0. The Morgan fingerprint density at radius 1 is 1.10 bits per heavy atom. The highest BCUT2D eigenvalue weighted by atomic mass is 35.5. The van der Waals surface area contributed by atoms with Gasteiger partial charge in [-0.15, -0.1) is 12.4 Å². The van der Waals surface area contributed by atoms with Gasteiger partial charge in [0.15, 0.2) is 0 Å². The maximum absolute atomic E-state index is 12.1. The molecule has 0 bridgehead atoms. The van der Waals surface area contributed by atoms with Crippen molar-refractivity contribution in [1.29, 1.82) is 0 Å². The topological polar surface area (TPSA) is 55.1 Å². The predicted octanol–water partition coefficient (Wildman–Crippen LogP) is 3.24. The summed E-state index contributed by atoms with van der Waals surface area (Å²) in [4.78, 5) is 12.1. The van der Waals surface area contributed by atoms with E-state index < -0.39 is 0 Å². The molecule has 1 saturated carbocycles. The molecule has 0 spiro atoms. The van der Waals surface area contributed by atoms with Crippen LogP contribution >= 0.6 is 12.4 Å². The second-order valence-electron chi connectivity index (χ2n) is 5.75.